The highest BCUT2D eigenvalue weighted by Crippen LogP contribution is 2.37. The second kappa shape index (κ2) is 2.96. The molecule has 2 aliphatic carbocycles. The van der Waals surface area contributed by atoms with Gasteiger partial charge in [0.2, 0.25) is 0 Å². The summed E-state index contributed by atoms with van der Waals surface area (Å²) in [7, 11) is 0. The molecule has 2 aliphatic rings. The molecule has 0 aromatic rings. The van der Waals surface area contributed by atoms with Crippen LogP contribution in [0.15, 0.2) is 23.4 Å². The minimum absolute atomic E-state index is 0.132. The lowest BCUT2D eigenvalue weighted by Gasteiger charge is -2.14. The number of hydrogen-bond donors (Lipinski definition) is 1. The van der Waals surface area contributed by atoms with Crippen molar-refractivity contribution in [1.29, 1.82) is 0 Å². The van der Waals surface area contributed by atoms with Crippen LogP contribution in [0.4, 0.5) is 0 Å². The Morgan fingerprint density at radius 2 is 2.31 bits per heavy atom. The van der Waals surface area contributed by atoms with Gasteiger partial charge in [-0.05, 0) is 36.8 Å². The maximum Gasteiger partial charge on any atom is 0.265 e. The molecule has 0 spiro atoms. The Morgan fingerprint density at radius 3 is 3.00 bits per heavy atom. The summed E-state index contributed by atoms with van der Waals surface area (Å²) in [4.78, 5) is 10.1. The van der Waals surface area contributed by atoms with Gasteiger partial charge in [-0.1, -0.05) is 0 Å². The smallest absolute Gasteiger partial charge is 0.265 e. The lowest BCUT2D eigenvalue weighted by Crippen LogP contribution is -2.12. The van der Waals surface area contributed by atoms with E-state index in [9.17, 15) is 15.2 Å². The highest BCUT2D eigenvalue weighted by atomic mass is 16.6. The minimum Gasteiger partial charge on any atom is -0.389 e. The molecule has 1 fully saturated rings. The van der Waals surface area contributed by atoms with Gasteiger partial charge < -0.3 is 5.11 Å². The van der Waals surface area contributed by atoms with E-state index in [1.54, 1.807) is 6.08 Å². The molecule has 0 radical (unpaired) electrons. The largest absolute Gasteiger partial charge is 0.389 e. The minimum atomic E-state index is -0.450. The predicted octanol–water partition coefficient (Wildman–Crippen LogP) is 1.25. The summed E-state index contributed by atoms with van der Waals surface area (Å²) in [6.45, 7) is 0. The quantitative estimate of drug-likeness (QED) is 0.489. The third-order valence-corrected chi connectivity index (χ3v) is 2.78. The van der Waals surface area contributed by atoms with E-state index < -0.39 is 11.0 Å². The molecule has 0 aliphatic heterocycles. The average molecular weight is 181 g/mol. The third-order valence-electron chi connectivity index (χ3n) is 2.78. The van der Waals surface area contributed by atoms with E-state index in [1.807, 2.05) is 0 Å². The van der Waals surface area contributed by atoms with Gasteiger partial charge in [0.1, 0.15) is 0 Å². The van der Waals surface area contributed by atoms with Gasteiger partial charge in [-0.2, -0.15) is 0 Å². The number of fused-ring (bicyclic) bond motifs is 1. The van der Waals surface area contributed by atoms with Crippen LogP contribution in [0, 0.1) is 16.0 Å². The average Bonchev–Trinajstić information content (AvgIpc) is 2.47. The molecule has 1 saturated carbocycles. The monoisotopic (exact) mass is 181 g/mol. The zero-order valence-electron chi connectivity index (χ0n) is 7.14. The summed E-state index contributed by atoms with van der Waals surface area (Å²) in [5.41, 5.74) is 0.987. The van der Waals surface area contributed by atoms with Crippen molar-refractivity contribution in [2.75, 3.05) is 0 Å². The van der Waals surface area contributed by atoms with Gasteiger partial charge in [0.05, 0.1) is 11.0 Å². The van der Waals surface area contributed by atoms with E-state index in [1.165, 1.54) is 6.08 Å². The molecule has 13 heavy (non-hydrogen) atoms. The van der Waals surface area contributed by atoms with E-state index in [-0.39, 0.29) is 5.70 Å². The number of nitro groups is 1. The molecule has 2 unspecified atom stereocenters. The Bertz CT molecular complexity index is 306. The van der Waals surface area contributed by atoms with Gasteiger partial charge in [-0.3, -0.25) is 10.1 Å². The van der Waals surface area contributed by atoms with Crippen LogP contribution in [0.3, 0.4) is 0 Å². The Balaban J connectivity index is 2.27. The van der Waals surface area contributed by atoms with Crippen molar-refractivity contribution < 1.29 is 10.0 Å². The molecule has 70 valence electrons. The predicted molar refractivity (Wildman–Crippen MR) is 46.5 cm³/mol. The molecule has 1 N–H and O–H groups in total. The molecule has 2 rings (SSSR count). The second-order valence-corrected chi connectivity index (χ2v) is 3.56. The highest BCUT2D eigenvalue weighted by Gasteiger charge is 2.32. The van der Waals surface area contributed by atoms with Crippen molar-refractivity contribution in [1.82, 2.24) is 0 Å². The van der Waals surface area contributed by atoms with E-state index in [4.69, 9.17) is 0 Å². The van der Waals surface area contributed by atoms with Gasteiger partial charge in [0.25, 0.3) is 5.70 Å². The molecule has 0 saturated heterocycles. The normalized spacial score (nSPS) is 32.1. The fraction of sp³-hybridized carbons (Fsp3) is 0.556. The summed E-state index contributed by atoms with van der Waals surface area (Å²) in [5.74, 6) is 0.346. The van der Waals surface area contributed by atoms with Gasteiger partial charge in [-0.15, -0.1) is 0 Å². The molecule has 2 atom stereocenters. The summed E-state index contributed by atoms with van der Waals surface area (Å²) < 4.78 is 0. The molecular formula is C9H11NO3. The van der Waals surface area contributed by atoms with E-state index in [0.29, 0.717) is 12.3 Å². The molecule has 0 amide bonds. The zero-order valence-corrected chi connectivity index (χ0v) is 7.14. The van der Waals surface area contributed by atoms with Crippen LogP contribution in [0.2, 0.25) is 0 Å². The van der Waals surface area contributed by atoms with E-state index in [2.05, 4.69) is 0 Å². The summed E-state index contributed by atoms with van der Waals surface area (Å²) in [6, 6.07) is 0. The van der Waals surface area contributed by atoms with Gasteiger partial charge >= 0.3 is 0 Å². The topological polar surface area (TPSA) is 63.4 Å². The van der Waals surface area contributed by atoms with Crippen molar-refractivity contribution in [2.45, 2.75) is 25.4 Å². The Labute approximate surface area is 75.7 Å². The number of aliphatic hydroxyl groups is 1. The van der Waals surface area contributed by atoms with Crippen LogP contribution in [0.25, 0.3) is 0 Å². The molecule has 4 heteroatoms. The van der Waals surface area contributed by atoms with Gasteiger partial charge in [0, 0.05) is 6.08 Å². The van der Waals surface area contributed by atoms with E-state index in [0.717, 1.165) is 18.4 Å². The van der Waals surface area contributed by atoms with Crippen LogP contribution in [-0.2, 0) is 0 Å². The summed E-state index contributed by atoms with van der Waals surface area (Å²) in [5, 5.41) is 20.0. The van der Waals surface area contributed by atoms with Crippen molar-refractivity contribution in [3.63, 3.8) is 0 Å². The van der Waals surface area contributed by atoms with Crippen LogP contribution >= 0.6 is 0 Å². The lowest BCUT2D eigenvalue weighted by molar-refractivity contribution is -0.419. The highest BCUT2D eigenvalue weighted by molar-refractivity contribution is 5.30. The summed E-state index contributed by atoms with van der Waals surface area (Å²) in [6.07, 6.45) is 5.13. The molecule has 4 nitrogen and oxygen atoms in total. The number of rotatable bonds is 1. The second-order valence-electron chi connectivity index (χ2n) is 3.56. The number of hydrogen-bond acceptors (Lipinski definition) is 3. The Hall–Kier alpha value is -1.16. The van der Waals surface area contributed by atoms with Crippen molar-refractivity contribution >= 4 is 0 Å². The first-order chi connectivity index (χ1) is 6.18. The van der Waals surface area contributed by atoms with Crippen molar-refractivity contribution in [2.24, 2.45) is 5.92 Å². The van der Waals surface area contributed by atoms with Crippen molar-refractivity contribution in [3.8, 4) is 0 Å². The maximum absolute atomic E-state index is 10.5. The van der Waals surface area contributed by atoms with Crippen LogP contribution in [0.1, 0.15) is 19.3 Å². The maximum atomic E-state index is 10.5. The lowest BCUT2D eigenvalue weighted by atomic mass is 9.93. The Morgan fingerprint density at radius 1 is 1.54 bits per heavy atom. The molecular weight excluding hydrogens is 170 g/mol. The third kappa shape index (κ3) is 1.37. The standard InChI is InChI=1S/C9H11NO3/c11-9-4-2-6-1-3-7(10(12)13)5-8(6)9/h3,5-6,9,11H,1-2,4H2. The number of allylic oxidation sites excluding steroid dienone is 2. The van der Waals surface area contributed by atoms with Gasteiger partial charge in [0.15, 0.2) is 0 Å². The first-order valence-corrected chi connectivity index (χ1v) is 4.42. The van der Waals surface area contributed by atoms with Gasteiger partial charge in [-0.25, -0.2) is 0 Å². The van der Waals surface area contributed by atoms with E-state index >= 15 is 0 Å². The number of nitrogens with zero attached hydrogens (tertiary/aromatic N) is 1. The Kier molecular flexibility index (Phi) is 1.92. The van der Waals surface area contributed by atoms with Crippen LogP contribution in [0.5, 0.6) is 0 Å². The van der Waals surface area contributed by atoms with Crippen LogP contribution < -0.4 is 0 Å². The fourth-order valence-electron chi connectivity index (χ4n) is 2.05. The van der Waals surface area contributed by atoms with Crippen LogP contribution in [-0.4, -0.2) is 16.1 Å². The summed E-state index contributed by atoms with van der Waals surface area (Å²) >= 11 is 0. The molecule has 0 bridgehead atoms. The fourth-order valence-corrected chi connectivity index (χ4v) is 2.05. The molecule has 0 aromatic heterocycles. The number of aliphatic hydroxyl groups excluding tert-OH is 1. The molecule has 0 heterocycles. The zero-order chi connectivity index (χ0) is 9.42. The molecule has 0 aromatic carbocycles. The van der Waals surface area contributed by atoms with Crippen molar-refractivity contribution in [3.05, 3.63) is 33.5 Å². The first kappa shape index (κ1) is 8.44. The first-order valence-electron chi connectivity index (χ1n) is 4.42. The SMILES string of the molecule is O=[N+]([O-])C1=CCC2CCC(O)C2=C1.